The number of aromatic nitrogens is 3. The van der Waals surface area contributed by atoms with Crippen LogP contribution in [0.25, 0.3) is 0 Å². The summed E-state index contributed by atoms with van der Waals surface area (Å²) in [6, 6.07) is 7.54. The standard InChI is InChI=1S/C18H21N5O2S/c1-11-9-19-18(26-11)21-16(24)15-7-5-6-14(8-15)10-23(4)12(2)17-20-13(3)22-25-17/h5-9,12H,10H2,1-4H3,(H,19,21,24). The first-order valence-electron chi connectivity index (χ1n) is 8.25. The van der Waals surface area contributed by atoms with Crippen LogP contribution in [0.15, 0.2) is 35.0 Å². The van der Waals surface area contributed by atoms with Crippen molar-refractivity contribution in [2.24, 2.45) is 0 Å². The van der Waals surface area contributed by atoms with E-state index in [0.717, 1.165) is 10.4 Å². The molecule has 8 heteroatoms. The van der Waals surface area contributed by atoms with Crippen LogP contribution in [0.1, 0.15) is 45.5 Å². The van der Waals surface area contributed by atoms with Gasteiger partial charge < -0.3 is 4.52 Å². The van der Waals surface area contributed by atoms with Crippen LogP contribution in [-0.2, 0) is 6.54 Å². The SMILES string of the molecule is Cc1noc(C(C)N(C)Cc2cccc(C(=O)Nc3ncc(C)s3)c2)n1. The van der Waals surface area contributed by atoms with Gasteiger partial charge in [0.15, 0.2) is 11.0 Å². The van der Waals surface area contributed by atoms with E-state index in [4.69, 9.17) is 4.52 Å². The molecule has 0 saturated carbocycles. The van der Waals surface area contributed by atoms with Crippen LogP contribution in [0.3, 0.4) is 0 Å². The molecule has 2 aromatic heterocycles. The number of anilines is 1. The van der Waals surface area contributed by atoms with Crippen LogP contribution in [-0.4, -0.2) is 33.0 Å². The Morgan fingerprint density at radius 3 is 2.85 bits per heavy atom. The number of hydrogen-bond acceptors (Lipinski definition) is 7. The second-order valence-corrected chi connectivity index (χ2v) is 7.44. The summed E-state index contributed by atoms with van der Waals surface area (Å²) >= 11 is 1.45. The number of thiazole rings is 1. The predicted molar refractivity (Wildman–Crippen MR) is 100 cm³/mol. The smallest absolute Gasteiger partial charge is 0.257 e. The van der Waals surface area contributed by atoms with Gasteiger partial charge in [0.1, 0.15) is 0 Å². The number of nitrogens with zero attached hydrogens (tertiary/aromatic N) is 4. The molecule has 0 bridgehead atoms. The van der Waals surface area contributed by atoms with Crippen molar-refractivity contribution in [2.45, 2.75) is 33.4 Å². The van der Waals surface area contributed by atoms with E-state index in [1.165, 1.54) is 11.3 Å². The Balaban J connectivity index is 1.67. The lowest BCUT2D eigenvalue weighted by molar-refractivity contribution is 0.102. The maximum absolute atomic E-state index is 12.4. The van der Waals surface area contributed by atoms with Crippen molar-refractivity contribution in [3.63, 3.8) is 0 Å². The molecule has 0 aliphatic carbocycles. The lowest BCUT2D eigenvalue weighted by Gasteiger charge is -2.21. The molecule has 0 spiro atoms. The number of aryl methyl sites for hydroxylation is 2. The van der Waals surface area contributed by atoms with Gasteiger partial charge in [0.25, 0.3) is 5.91 Å². The molecule has 1 amide bonds. The van der Waals surface area contributed by atoms with Gasteiger partial charge in [-0.05, 0) is 45.5 Å². The fraction of sp³-hybridized carbons (Fsp3) is 0.333. The van der Waals surface area contributed by atoms with Crippen molar-refractivity contribution in [2.75, 3.05) is 12.4 Å². The third-order valence-electron chi connectivity index (χ3n) is 4.02. The van der Waals surface area contributed by atoms with Crippen LogP contribution >= 0.6 is 11.3 Å². The Kier molecular flexibility index (Phi) is 5.43. The van der Waals surface area contributed by atoms with Gasteiger partial charge in [-0.25, -0.2) is 4.98 Å². The molecule has 0 saturated heterocycles. The summed E-state index contributed by atoms with van der Waals surface area (Å²) in [6.45, 7) is 6.41. The minimum atomic E-state index is -0.163. The van der Waals surface area contributed by atoms with Crippen molar-refractivity contribution in [3.8, 4) is 0 Å². The normalized spacial score (nSPS) is 12.3. The molecule has 3 rings (SSSR count). The van der Waals surface area contributed by atoms with Crippen molar-refractivity contribution in [1.29, 1.82) is 0 Å². The summed E-state index contributed by atoms with van der Waals surface area (Å²) in [5.41, 5.74) is 1.63. The molecule has 136 valence electrons. The maximum Gasteiger partial charge on any atom is 0.257 e. The van der Waals surface area contributed by atoms with Crippen LogP contribution < -0.4 is 5.32 Å². The fourth-order valence-corrected chi connectivity index (χ4v) is 3.15. The summed E-state index contributed by atoms with van der Waals surface area (Å²) in [7, 11) is 1.98. The third-order valence-corrected chi connectivity index (χ3v) is 4.85. The maximum atomic E-state index is 12.4. The Labute approximate surface area is 156 Å². The molecule has 1 N–H and O–H groups in total. The van der Waals surface area contributed by atoms with Gasteiger partial charge in [0, 0.05) is 23.2 Å². The molecule has 2 heterocycles. The summed E-state index contributed by atoms with van der Waals surface area (Å²) < 4.78 is 5.24. The zero-order valence-electron chi connectivity index (χ0n) is 15.2. The molecule has 7 nitrogen and oxygen atoms in total. The largest absolute Gasteiger partial charge is 0.338 e. The van der Waals surface area contributed by atoms with Gasteiger partial charge in [-0.3, -0.25) is 15.0 Å². The molecular formula is C18H21N5O2S. The number of benzene rings is 1. The van der Waals surface area contributed by atoms with E-state index in [2.05, 4.69) is 25.3 Å². The first-order chi connectivity index (χ1) is 12.4. The number of carbonyl (C=O) groups is 1. The Hall–Kier alpha value is -2.58. The summed E-state index contributed by atoms with van der Waals surface area (Å²) in [5, 5.41) is 7.27. The number of carbonyl (C=O) groups excluding carboxylic acids is 1. The zero-order valence-corrected chi connectivity index (χ0v) is 16.0. The highest BCUT2D eigenvalue weighted by Crippen LogP contribution is 2.20. The minimum Gasteiger partial charge on any atom is -0.338 e. The fourth-order valence-electron chi connectivity index (χ4n) is 2.49. The molecule has 0 aliphatic heterocycles. The van der Waals surface area contributed by atoms with Crippen LogP contribution in [0.2, 0.25) is 0 Å². The van der Waals surface area contributed by atoms with E-state index < -0.39 is 0 Å². The highest BCUT2D eigenvalue weighted by atomic mass is 32.1. The molecule has 0 radical (unpaired) electrons. The van der Waals surface area contributed by atoms with Crippen LogP contribution in [0.5, 0.6) is 0 Å². The first-order valence-corrected chi connectivity index (χ1v) is 9.07. The topological polar surface area (TPSA) is 84.2 Å². The molecule has 0 aliphatic rings. The minimum absolute atomic E-state index is 0.0213. The number of rotatable bonds is 6. The number of amides is 1. The summed E-state index contributed by atoms with van der Waals surface area (Å²) in [4.78, 5) is 24.0. The number of nitrogens with one attached hydrogen (secondary N) is 1. The summed E-state index contributed by atoms with van der Waals surface area (Å²) in [5.74, 6) is 1.04. The highest BCUT2D eigenvalue weighted by Gasteiger charge is 2.18. The van der Waals surface area contributed by atoms with Gasteiger partial charge in [-0.1, -0.05) is 17.3 Å². The molecular weight excluding hydrogens is 350 g/mol. The third kappa shape index (κ3) is 4.33. The molecule has 1 atom stereocenters. The monoisotopic (exact) mass is 371 g/mol. The van der Waals surface area contributed by atoms with Crippen molar-refractivity contribution in [3.05, 3.63) is 58.2 Å². The molecule has 3 aromatic rings. The molecule has 1 unspecified atom stereocenters. The highest BCUT2D eigenvalue weighted by molar-refractivity contribution is 7.15. The molecule has 0 fully saturated rings. The predicted octanol–water partition coefficient (Wildman–Crippen LogP) is 3.59. The van der Waals surface area contributed by atoms with Gasteiger partial charge in [-0.2, -0.15) is 4.98 Å². The Morgan fingerprint density at radius 1 is 1.38 bits per heavy atom. The number of hydrogen-bond donors (Lipinski definition) is 1. The average Bonchev–Trinajstić information content (AvgIpc) is 3.22. The second kappa shape index (κ2) is 7.76. The zero-order chi connectivity index (χ0) is 18.7. The second-order valence-electron chi connectivity index (χ2n) is 6.20. The van der Waals surface area contributed by atoms with E-state index in [-0.39, 0.29) is 11.9 Å². The van der Waals surface area contributed by atoms with Crippen LogP contribution in [0.4, 0.5) is 5.13 Å². The van der Waals surface area contributed by atoms with E-state index in [1.807, 2.05) is 39.1 Å². The Morgan fingerprint density at radius 2 is 2.19 bits per heavy atom. The average molecular weight is 371 g/mol. The van der Waals surface area contributed by atoms with Gasteiger partial charge in [0.2, 0.25) is 5.89 Å². The molecule has 26 heavy (non-hydrogen) atoms. The molecule has 1 aromatic carbocycles. The van der Waals surface area contributed by atoms with E-state index in [1.54, 1.807) is 19.2 Å². The van der Waals surface area contributed by atoms with Crippen LogP contribution in [0, 0.1) is 13.8 Å². The lowest BCUT2D eigenvalue weighted by Crippen LogP contribution is -2.22. The van der Waals surface area contributed by atoms with Gasteiger partial charge in [0.05, 0.1) is 6.04 Å². The van der Waals surface area contributed by atoms with Crippen molar-refractivity contribution in [1.82, 2.24) is 20.0 Å². The van der Waals surface area contributed by atoms with Gasteiger partial charge in [-0.15, -0.1) is 11.3 Å². The van der Waals surface area contributed by atoms with Gasteiger partial charge >= 0.3 is 0 Å². The van der Waals surface area contributed by atoms with E-state index >= 15 is 0 Å². The van der Waals surface area contributed by atoms with Crippen molar-refractivity contribution >= 4 is 22.4 Å². The lowest BCUT2D eigenvalue weighted by atomic mass is 10.1. The van der Waals surface area contributed by atoms with E-state index in [0.29, 0.717) is 29.0 Å². The first kappa shape index (κ1) is 18.2. The van der Waals surface area contributed by atoms with E-state index in [9.17, 15) is 4.79 Å². The summed E-state index contributed by atoms with van der Waals surface area (Å²) in [6.07, 6.45) is 1.74. The van der Waals surface area contributed by atoms with Crippen molar-refractivity contribution < 1.29 is 9.32 Å². The Bertz CT molecular complexity index is 904. The quantitative estimate of drug-likeness (QED) is 0.713.